The minimum Gasteiger partial charge on any atom is -0.143 e. The molecule has 0 aromatic heterocycles. The van der Waals surface area contributed by atoms with Crippen molar-refractivity contribution >= 4 is 8.03 Å². The minimum atomic E-state index is -1.56. The lowest BCUT2D eigenvalue weighted by molar-refractivity contribution is 0.356. The fourth-order valence-electron chi connectivity index (χ4n) is 0.180. The highest BCUT2D eigenvalue weighted by atomic mass is 31.1. The van der Waals surface area contributed by atoms with E-state index >= 15 is 0 Å². The molecule has 0 aromatic rings. The second-order valence-electron chi connectivity index (χ2n) is 0.886. The molecule has 0 saturated heterocycles. The zero-order chi connectivity index (χ0) is 5.70. The first kappa shape index (κ1) is 6.80. The lowest BCUT2D eigenvalue weighted by atomic mass is 10.9. The van der Waals surface area contributed by atoms with Crippen molar-refractivity contribution in [1.82, 2.24) is 0 Å². The molecule has 0 saturated carbocycles. The molecule has 0 aromatic carbocycles. The van der Waals surface area contributed by atoms with Crippen LogP contribution in [0.3, 0.4) is 0 Å². The molecule has 0 spiro atoms. The monoisotopic (exact) mass is 119 g/mol. The molecule has 0 aliphatic rings. The maximum absolute atomic E-state index is 10.2. The van der Waals surface area contributed by atoms with Crippen molar-refractivity contribution in [1.29, 1.82) is 0 Å². The first-order valence-corrected chi connectivity index (χ1v) is 3.27. The molecule has 0 bridgehead atoms. The molecule has 0 aliphatic heterocycles. The molecule has 0 aliphatic carbocycles. The van der Waals surface area contributed by atoms with Gasteiger partial charge in [-0.2, -0.15) is 0 Å². The number of rotatable bonds is 3. The number of hydrogen-bond donors (Lipinski definition) is 0. The molecule has 0 radical (unpaired) electrons. The Morgan fingerprint density at radius 2 is 2.57 bits per heavy atom. The summed E-state index contributed by atoms with van der Waals surface area (Å²) in [7, 11) is -1.56. The molecule has 3 heteroatoms. The van der Waals surface area contributed by atoms with Gasteiger partial charge in [0, 0.05) is 0 Å². The normalized spacial score (nSPS) is 10.7. The summed E-state index contributed by atoms with van der Waals surface area (Å²) in [5.74, 6) is 1.29. The van der Waals surface area contributed by atoms with Gasteiger partial charge >= 0.3 is 8.03 Å². The fraction of sp³-hybridized carbons (Fsp3) is 0.500. The average molecular weight is 119 g/mol. The van der Waals surface area contributed by atoms with Crippen LogP contribution in [-0.2, 0) is 9.09 Å². The molecular weight excluding hydrogens is 111 g/mol. The van der Waals surface area contributed by atoms with E-state index < -0.39 is 8.03 Å². The van der Waals surface area contributed by atoms with Crippen molar-refractivity contribution in [3.8, 4) is 0 Å². The van der Waals surface area contributed by atoms with Gasteiger partial charge in [0.05, 0.1) is 0 Å². The fourth-order valence-corrected chi connectivity index (χ4v) is 0.540. The predicted molar refractivity (Wildman–Crippen MR) is 29.4 cm³/mol. The van der Waals surface area contributed by atoms with Crippen molar-refractivity contribution in [2.75, 3.05) is 6.61 Å². The van der Waals surface area contributed by atoms with Crippen molar-refractivity contribution in [2.45, 2.75) is 6.92 Å². The Bertz CT molecular complexity index is 79.8. The van der Waals surface area contributed by atoms with Gasteiger partial charge in [-0.25, -0.2) is 0 Å². The van der Waals surface area contributed by atoms with Crippen molar-refractivity contribution in [3.05, 3.63) is 12.4 Å². The van der Waals surface area contributed by atoms with Gasteiger partial charge in [0.15, 0.2) is 5.82 Å². The van der Waals surface area contributed by atoms with Crippen molar-refractivity contribution in [3.63, 3.8) is 0 Å². The van der Waals surface area contributed by atoms with Crippen LogP contribution >= 0.6 is 8.03 Å². The second kappa shape index (κ2) is 3.97. The standard InChI is InChI=1S/C4H8O2P/c1-3-6-7(5)4-2/h4H,2-3H2,1H3/q+1. The van der Waals surface area contributed by atoms with E-state index in [4.69, 9.17) is 0 Å². The summed E-state index contributed by atoms with van der Waals surface area (Å²) >= 11 is 0. The van der Waals surface area contributed by atoms with Crippen molar-refractivity contribution in [2.24, 2.45) is 0 Å². The van der Waals surface area contributed by atoms with Crippen LogP contribution in [0.15, 0.2) is 12.4 Å². The summed E-state index contributed by atoms with van der Waals surface area (Å²) in [5, 5.41) is 0. The van der Waals surface area contributed by atoms with E-state index in [1.807, 2.05) is 0 Å². The molecule has 1 unspecified atom stereocenters. The molecule has 40 valence electrons. The molecule has 0 fully saturated rings. The van der Waals surface area contributed by atoms with Gasteiger partial charge < -0.3 is 0 Å². The van der Waals surface area contributed by atoms with Crippen LogP contribution in [0.1, 0.15) is 6.92 Å². The highest BCUT2D eigenvalue weighted by Crippen LogP contribution is 2.20. The third kappa shape index (κ3) is 3.64. The zero-order valence-corrected chi connectivity index (χ0v) is 5.15. The van der Waals surface area contributed by atoms with Crippen LogP contribution in [-0.4, -0.2) is 6.61 Å². The Labute approximate surface area is 44.0 Å². The van der Waals surface area contributed by atoms with Crippen molar-refractivity contribution < 1.29 is 9.09 Å². The van der Waals surface area contributed by atoms with Crippen LogP contribution in [0.4, 0.5) is 0 Å². The minimum absolute atomic E-state index is 0.487. The smallest absolute Gasteiger partial charge is 0.143 e. The topological polar surface area (TPSA) is 26.3 Å². The lowest BCUT2D eigenvalue weighted by Gasteiger charge is -1.71. The largest absolute Gasteiger partial charge is 0.540 e. The third-order valence-corrected chi connectivity index (χ3v) is 1.22. The maximum Gasteiger partial charge on any atom is 0.540 e. The highest BCUT2D eigenvalue weighted by molar-refractivity contribution is 7.42. The summed E-state index contributed by atoms with van der Waals surface area (Å²) in [5.41, 5.74) is 0. The molecular formula is C4H8O2P+. The van der Waals surface area contributed by atoms with Gasteiger partial charge in [-0.05, 0) is 18.1 Å². The van der Waals surface area contributed by atoms with Crippen LogP contribution in [0.5, 0.6) is 0 Å². The van der Waals surface area contributed by atoms with Gasteiger partial charge in [0.1, 0.15) is 6.61 Å². The maximum atomic E-state index is 10.2. The van der Waals surface area contributed by atoms with Gasteiger partial charge in [-0.1, -0.05) is 0 Å². The Morgan fingerprint density at radius 1 is 2.00 bits per heavy atom. The van der Waals surface area contributed by atoms with E-state index in [1.54, 1.807) is 6.92 Å². The second-order valence-corrected chi connectivity index (χ2v) is 2.08. The molecule has 0 amide bonds. The Kier molecular flexibility index (Phi) is 3.86. The lowest BCUT2D eigenvalue weighted by Crippen LogP contribution is -1.71. The molecule has 1 atom stereocenters. The molecule has 0 heterocycles. The van der Waals surface area contributed by atoms with Gasteiger partial charge in [0.25, 0.3) is 0 Å². The Morgan fingerprint density at radius 3 is 2.71 bits per heavy atom. The van der Waals surface area contributed by atoms with E-state index in [-0.39, 0.29) is 0 Å². The van der Waals surface area contributed by atoms with E-state index in [0.717, 1.165) is 0 Å². The van der Waals surface area contributed by atoms with Gasteiger partial charge in [-0.15, -0.1) is 4.52 Å². The summed E-state index contributed by atoms with van der Waals surface area (Å²) in [6.45, 7) is 5.55. The van der Waals surface area contributed by atoms with Crippen LogP contribution < -0.4 is 0 Å². The SMILES string of the molecule is C=C[P+](=O)OCC. The first-order valence-electron chi connectivity index (χ1n) is 2.03. The van der Waals surface area contributed by atoms with Gasteiger partial charge in [0.2, 0.25) is 0 Å². The molecule has 0 rings (SSSR count). The molecule has 0 N–H and O–H groups in total. The zero-order valence-electron chi connectivity index (χ0n) is 4.26. The summed E-state index contributed by atoms with van der Waals surface area (Å²) in [6, 6.07) is 0. The summed E-state index contributed by atoms with van der Waals surface area (Å²) < 4.78 is 14.8. The van der Waals surface area contributed by atoms with E-state index in [1.165, 1.54) is 5.82 Å². The summed E-state index contributed by atoms with van der Waals surface area (Å²) in [4.78, 5) is 0. The highest BCUT2D eigenvalue weighted by Gasteiger charge is 2.05. The quantitative estimate of drug-likeness (QED) is 0.530. The molecule has 2 nitrogen and oxygen atoms in total. The van der Waals surface area contributed by atoms with Crippen LogP contribution in [0, 0.1) is 0 Å². The van der Waals surface area contributed by atoms with Crippen LogP contribution in [0.25, 0.3) is 0 Å². The first-order chi connectivity index (χ1) is 3.31. The predicted octanol–water partition coefficient (Wildman–Crippen LogP) is 1.91. The number of hydrogen-bond acceptors (Lipinski definition) is 2. The summed E-state index contributed by atoms with van der Waals surface area (Å²) in [6.07, 6.45) is 0. The van der Waals surface area contributed by atoms with Crippen LogP contribution in [0.2, 0.25) is 0 Å². The average Bonchev–Trinajstić information content (AvgIpc) is 1.68. The molecule has 7 heavy (non-hydrogen) atoms. The van der Waals surface area contributed by atoms with Gasteiger partial charge in [-0.3, -0.25) is 0 Å². The van der Waals surface area contributed by atoms with E-state index in [9.17, 15) is 4.57 Å². The van der Waals surface area contributed by atoms with E-state index in [0.29, 0.717) is 6.61 Å². The van der Waals surface area contributed by atoms with E-state index in [2.05, 4.69) is 11.1 Å². The third-order valence-electron chi connectivity index (χ3n) is 0.405. The Hall–Kier alpha value is -0.200. The Balaban J connectivity index is 3.17.